The van der Waals surface area contributed by atoms with Gasteiger partial charge >= 0.3 is 19.5 Å². The van der Waals surface area contributed by atoms with E-state index < -0.39 is 0 Å². The molecule has 0 aromatic heterocycles. The van der Waals surface area contributed by atoms with Gasteiger partial charge in [-0.05, 0) is 0 Å². The van der Waals surface area contributed by atoms with Crippen molar-refractivity contribution in [2.24, 2.45) is 0 Å². The molecule has 0 unspecified atom stereocenters. The third-order valence-corrected chi connectivity index (χ3v) is 0. The molecule has 0 aromatic rings. The maximum atomic E-state index is 8.00. The van der Waals surface area contributed by atoms with Crippen LogP contribution in [-0.2, 0) is 24.3 Å². The summed E-state index contributed by atoms with van der Waals surface area (Å²) in [4.78, 5) is 8.00. The van der Waals surface area contributed by atoms with Crippen LogP contribution >= 0.6 is 0 Å². The monoisotopic (exact) mass is 124 g/mol. The van der Waals surface area contributed by atoms with Crippen LogP contribution in [-0.4, -0.2) is 23.6 Å². The molecule has 5 heavy (non-hydrogen) atoms. The van der Waals surface area contributed by atoms with Crippen LogP contribution < -0.4 is 0 Å². The van der Waals surface area contributed by atoms with Crippen molar-refractivity contribution in [2.75, 3.05) is 0 Å². The first-order valence-electron chi connectivity index (χ1n) is 0.289. The molecule has 28 valence electrons. The topological polar surface area (TPSA) is 17.1 Å². The van der Waals surface area contributed by atoms with Crippen molar-refractivity contribution < 1.29 is 24.3 Å². The fourth-order valence-electron chi connectivity index (χ4n) is 0. The van der Waals surface area contributed by atoms with Gasteiger partial charge in [-0.2, -0.15) is 0 Å². The normalized spacial score (nSPS) is 0.800. The van der Waals surface area contributed by atoms with Crippen LogP contribution in [0.3, 0.4) is 0 Å². The predicted octanol–water partition coefficient (Wildman–Crippen LogP) is -3.09. The first kappa shape index (κ1) is 52.4. The first-order valence-corrected chi connectivity index (χ1v) is 0.289. The summed E-state index contributed by atoms with van der Waals surface area (Å²) in [5.41, 5.74) is 0. The van der Waals surface area contributed by atoms with Crippen molar-refractivity contribution >= 4 is 23.6 Å². The third kappa shape index (κ3) is 145. The van der Waals surface area contributed by atoms with Gasteiger partial charge in [0.05, 0.1) is 0 Å². The van der Waals surface area contributed by atoms with E-state index in [0.29, 0.717) is 0 Å². The molecular formula is CH10B2OZn. The Morgan fingerprint density at radius 3 is 1.00 bits per heavy atom. The van der Waals surface area contributed by atoms with E-state index in [1.54, 1.807) is 0 Å². The van der Waals surface area contributed by atoms with Crippen LogP contribution in [0.2, 0.25) is 0 Å². The van der Waals surface area contributed by atoms with Gasteiger partial charge in [0.25, 0.3) is 0 Å². The van der Waals surface area contributed by atoms with Gasteiger partial charge in [0.15, 0.2) is 0 Å². The molecular weight excluding hydrogens is 115 g/mol. The number of rotatable bonds is 0. The zero-order chi connectivity index (χ0) is 2.00. The van der Waals surface area contributed by atoms with Gasteiger partial charge in [-0.1, -0.05) is 16.8 Å². The molecule has 0 spiro atoms. The number of hydrogen-bond acceptors (Lipinski definition) is 1. The SMILES string of the molecule is C=O.[BH4-].[BH4-].[Zn+2]. The molecule has 0 rings (SSSR count). The summed E-state index contributed by atoms with van der Waals surface area (Å²) >= 11 is 0. The zero-order valence-corrected chi connectivity index (χ0v) is 4.79. The average Bonchev–Trinajstić information content (AvgIpc) is 1.00. The fourth-order valence-corrected chi connectivity index (χ4v) is 0. The maximum Gasteiger partial charge on any atom is 2.00 e. The van der Waals surface area contributed by atoms with Gasteiger partial charge in [0, 0.05) is 0 Å². The Balaban J connectivity index is -0.00000000167. The Morgan fingerprint density at radius 1 is 1.00 bits per heavy atom. The molecule has 0 aliphatic heterocycles. The van der Waals surface area contributed by atoms with Crippen molar-refractivity contribution in [1.82, 2.24) is 0 Å². The molecule has 0 fully saturated rings. The smallest absolute Gasteiger partial charge is 0.307 e. The number of carbonyl (C=O) groups excluding carboxylic acids is 1. The van der Waals surface area contributed by atoms with Gasteiger partial charge in [0.1, 0.15) is 6.79 Å². The fraction of sp³-hybridized carbons (Fsp3) is 0. The van der Waals surface area contributed by atoms with E-state index in [1.165, 1.54) is 0 Å². The van der Waals surface area contributed by atoms with E-state index >= 15 is 0 Å². The van der Waals surface area contributed by atoms with Crippen molar-refractivity contribution in [1.29, 1.82) is 0 Å². The molecule has 4 heteroatoms. The molecule has 0 aliphatic carbocycles. The summed E-state index contributed by atoms with van der Waals surface area (Å²) in [6.07, 6.45) is 0. The zero-order valence-electron chi connectivity index (χ0n) is 1.82. The first-order chi connectivity index (χ1) is 1.00. The van der Waals surface area contributed by atoms with Crippen molar-refractivity contribution in [2.45, 2.75) is 0 Å². The Hall–Kier alpha value is 0.423. The van der Waals surface area contributed by atoms with E-state index in [-0.39, 0.29) is 36.3 Å². The van der Waals surface area contributed by atoms with Crippen molar-refractivity contribution in [3.63, 3.8) is 0 Å². The molecule has 0 heterocycles. The van der Waals surface area contributed by atoms with Crippen LogP contribution in [0.4, 0.5) is 0 Å². The largest absolute Gasteiger partial charge is 2.00 e. The minimum atomic E-state index is 0. The van der Waals surface area contributed by atoms with Crippen LogP contribution in [0.1, 0.15) is 0 Å². The quantitative estimate of drug-likeness (QED) is 0.314. The minimum absolute atomic E-state index is 0. The molecule has 0 saturated heterocycles. The van der Waals surface area contributed by atoms with Crippen LogP contribution in [0.5, 0.6) is 0 Å². The van der Waals surface area contributed by atoms with Gasteiger partial charge in [-0.25, -0.2) is 0 Å². The molecule has 0 amide bonds. The summed E-state index contributed by atoms with van der Waals surface area (Å²) in [5, 5.41) is 0. The Kier molecular flexibility index (Phi) is 3030. The van der Waals surface area contributed by atoms with E-state index in [1.807, 2.05) is 6.79 Å². The van der Waals surface area contributed by atoms with E-state index in [0.717, 1.165) is 0 Å². The number of hydrogen-bond donors (Lipinski definition) is 0. The molecule has 0 radical (unpaired) electrons. The molecule has 0 saturated carbocycles. The summed E-state index contributed by atoms with van der Waals surface area (Å²) in [6.45, 7) is 2.00. The van der Waals surface area contributed by atoms with Gasteiger partial charge in [-0.15, -0.1) is 0 Å². The van der Waals surface area contributed by atoms with E-state index in [2.05, 4.69) is 0 Å². The predicted molar refractivity (Wildman–Crippen MR) is 29.8 cm³/mol. The standard InChI is InChI=1S/CH2O.2BH4.Zn/c1-2;;;/h1H2;2*1H4;/q;2*-1;+2. The average molecular weight is 125 g/mol. The van der Waals surface area contributed by atoms with Gasteiger partial charge < -0.3 is 4.79 Å². The second-order valence-corrected chi connectivity index (χ2v) is 0. The maximum absolute atomic E-state index is 8.00. The van der Waals surface area contributed by atoms with E-state index in [9.17, 15) is 0 Å². The second-order valence-electron chi connectivity index (χ2n) is 0. The van der Waals surface area contributed by atoms with Crippen molar-refractivity contribution in [3.05, 3.63) is 0 Å². The Bertz CT molecular complexity index is 9.61. The Labute approximate surface area is 48.4 Å². The minimum Gasteiger partial charge on any atom is -0.307 e. The summed E-state index contributed by atoms with van der Waals surface area (Å²) in [7, 11) is 0. The molecule has 0 aromatic carbocycles. The second kappa shape index (κ2) is 289. The summed E-state index contributed by atoms with van der Waals surface area (Å²) in [6, 6.07) is 0. The molecule has 0 atom stereocenters. The van der Waals surface area contributed by atoms with Crippen LogP contribution in [0.25, 0.3) is 0 Å². The van der Waals surface area contributed by atoms with E-state index in [4.69, 9.17) is 4.79 Å². The molecule has 1 nitrogen and oxygen atoms in total. The molecule has 0 bridgehead atoms. The molecule has 0 N–H and O–H groups in total. The van der Waals surface area contributed by atoms with Crippen LogP contribution in [0, 0.1) is 0 Å². The van der Waals surface area contributed by atoms with Gasteiger partial charge in [-0.3, -0.25) is 0 Å². The van der Waals surface area contributed by atoms with Crippen LogP contribution in [0.15, 0.2) is 0 Å². The van der Waals surface area contributed by atoms with Gasteiger partial charge in [0.2, 0.25) is 0 Å². The molecule has 0 aliphatic rings. The Morgan fingerprint density at radius 2 is 1.00 bits per heavy atom. The summed E-state index contributed by atoms with van der Waals surface area (Å²) < 4.78 is 0. The third-order valence-electron chi connectivity index (χ3n) is 0. The number of carbonyl (C=O) groups is 1. The van der Waals surface area contributed by atoms with Crippen molar-refractivity contribution in [3.8, 4) is 0 Å². The summed E-state index contributed by atoms with van der Waals surface area (Å²) in [5.74, 6) is 0.